The minimum absolute atomic E-state index is 0.0449. The Balaban J connectivity index is 2.33. The van der Waals surface area contributed by atoms with E-state index in [-0.39, 0.29) is 18.8 Å². The summed E-state index contributed by atoms with van der Waals surface area (Å²) in [5.41, 5.74) is 0. The van der Waals surface area contributed by atoms with Crippen LogP contribution in [0.5, 0.6) is 0 Å². The quantitative estimate of drug-likeness (QED) is 0.802. The molecule has 3 heteroatoms. The van der Waals surface area contributed by atoms with Crippen molar-refractivity contribution in [1.29, 1.82) is 0 Å². The standard InChI is InChI=1S/C14H28O3/c15-11-12-17-14-10-8-6-4-2-1-3-5-7-9-13(14)16/h13-16H,1-12H2. The maximum Gasteiger partial charge on any atom is 0.0835 e. The van der Waals surface area contributed by atoms with Gasteiger partial charge < -0.3 is 14.9 Å². The highest BCUT2D eigenvalue weighted by atomic mass is 16.5. The van der Waals surface area contributed by atoms with E-state index in [1.165, 1.54) is 38.5 Å². The Morgan fingerprint density at radius 1 is 0.824 bits per heavy atom. The van der Waals surface area contributed by atoms with E-state index in [9.17, 15) is 5.11 Å². The fourth-order valence-corrected chi connectivity index (χ4v) is 2.54. The van der Waals surface area contributed by atoms with Gasteiger partial charge in [0.15, 0.2) is 0 Å². The summed E-state index contributed by atoms with van der Waals surface area (Å²) in [5.74, 6) is 0. The summed E-state index contributed by atoms with van der Waals surface area (Å²) in [6.07, 6.45) is 11.4. The minimum atomic E-state index is -0.346. The topological polar surface area (TPSA) is 49.7 Å². The first-order chi connectivity index (χ1) is 8.34. The first-order valence-electron chi connectivity index (χ1n) is 7.25. The summed E-state index contributed by atoms with van der Waals surface area (Å²) in [6, 6.07) is 0. The Morgan fingerprint density at radius 3 is 1.94 bits per heavy atom. The van der Waals surface area contributed by atoms with Crippen molar-refractivity contribution < 1.29 is 14.9 Å². The van der Waals surface area contributed by atoms with Crippen molar-refractivity contribution in [3.63, 3.8) is 0 Å². The van der Waals surface area contributed by atoms with E-state index < -0.39 is 0 Å². The molecule has 0 aromatic heterocycles. The molecule has 0 aromatic carbocycles. The Bertz CT molecular complexity index is 173. The van der Waals surface area contributed by atoms with Gasteiger partial charge in [-0.15, -0.1) is 0 Å². The molecule has 0 heterocycles. The maximum atomic E-state index is 10.1. The van der Waals surface area contributed by atoms with Crippen molar-refractivity contribution in [2.45, 2.75) is 76.4 Å². The summed E-state index contributed by atoms with van der Waals surface area (Å²) >= 11 is 0. The Labute approximate surface area is 105 Å². The van der Waals surface area contributed by atoms with Gasteiger partial charge in [-0.1, -0.05) is 51.4 Å². The van der Waals surface area contributed by atoms with E-state index in [2.05, 4.69) is 0 Å². The lowest BCUT2D eigenvalue weighted by molar-refractivity contribution is -0.0556. The van der Waals surface area contributed by atoms with Crippen LogP contribution in [0.1, 0.15) is 64.2 Å². The van der Waals surface area contributed by atoms with Crippen LogP contribution < -0.4 is 0 Å². The number of hydrogen-bond donors (Lipinski definition) is 2. The molecule has 0 aromatic rings. The first kappa shape index (κ1) is 14.9. The molecule has 0 saturated heterocycles. The van der Waals surface area contributed by atoms with Gasteiger partial charge in [0.05, 0.1) is 25.4 Å². The molecule has 17 heavy (non-hydrogen) atoms. The van der Waals surface area contributed by atoms with Crippen molar-refractivity contribution in [3.8, 4) is 0 Å². The van der Waals surface area contributed by atoms with Gasteiger partial charge in [-0.05, 0) is 12.8 Å². The highest BCUT2D eigenvalue weighted by Gasteiger charge is 2.19. The number of rotatable bonds is 3. The summed E-state index contributed by atoms with van der Waals surface area (Å²) in [5, 5.41) is 18.9. The van der Waals surface area contributed by atoms with E-state index in [4.69, 9.17) is 9.84 Å². The van der Waals surface area contributed by atoms with Crippen molar-refractivity contribution in [1.82, 2.24) is 0 Å². The molecule has 1 aliphatic carbocycles. The number of hydrogen-bond acceptors (Lipinski definition) is 3. The first-order valence-corrected chi connectivity index (χ1v) is 7.25. The fraction of sp³-hybridized carbons (Fsp3) is 1.00. The summed E-state index contributed by atoms with van der Waals surface area (Å²) in [4.78, 5) is 0. The van der Waals surface area contributed by atoms with Crippen LogP contribution in [0.3, 0.4) is 0 Å². The molecule has 0 radical (unpaired) electrons. The molecule has 0 bridgehead atoms. The van der Waals surface area contributed by atoms with E-state index in [1.54, 1.807) is 0 Å². The van der Waals surface area contributed by atoms with E-state index in [1.807, 2.05) is 0 Å². The van der Waals surface area contributed by atoms with Crippen molar-refractivity contribution in [2.75, 3.05) is 13.2 Å². The Hall–Kier alpha value is -0.120. The predicted molar refractivity (Wildman–Crippen MR) is 69.0 cm³/mol. The second-order valence-electron chi connectivity index (χ2n) is 5.11. The maximum absolute atomic E-state index is 10.1. The number of aliphatic hydroxyl groups is 2. The van der Waals surface area contributed by atoms with Crippen LogP contribution >= 0.6 is 0 Å². The lowest BCUT2D eigenvalue weighted by Crippen LogP contribution is -2.30. The third kappa shape index (κ3) is 7.02. The molecule has 1 aliphatic rings. The van der Waals surface area contributed by atoms with Crippen LogP contribution in [0.25, 0.3) is 0 Å². The lowest BCUT2D eigenvalue weighted by Gasteiger charge is -2.23. The average molecular weight is 244 g/mol. The SMILES string of the molecule is OCCOC1CCCCCCCCCCC1O. The number of aliphatic hydroxyl groups excluding tert-OH is 2. The van der Waals surface area contributed by atoms with Gasteiger partial charge in [-0.2, -0.15) is 0 Å². The summed E-state index contributed by atoms with van der Waals surface area (Å²) < 4.78 is 5.55. The smallest absolute Gasteiger partial charge is 0.0835 e. The van der Waals surface area contributed by atoms with Gasteiger partial charge in [0, 0.05) is 0 Å². The summed E-state index contributed by atoms with van der Waals surface area (Å²) in [6.45, 7) is 0.394. The molecule has 0 spiro atoms. The van der Waals surface area contributed by atoms with Crippen LogP contribution in [0.15, 0.2) is 0 Å². The molecule has 2 unspecified atom stereocenters. The molecule has 2 N–H and O–H groups in total. The van der Waals surface area contributed by atoms with E-state index in [0.717, 1.165) is 25.7 Å². The van der Waals surface area contributed by atoms with Gasteiger partial charge in [-0.3, -0.25) is 0 Å². The molecular formula is C14H28O3. The van der Waals surface area contributed by atoms with Gasteiger partial charge in [-0.25, -0.2) is 0 Å². The largest absolute Gasteiger partial charge is 0.394 e. The van der Waals surface area contributed by atoms with Crippen molar-refractivity contribution >= 4 is 0 Å². The zero-order chi connectivity index (χ0) is 12.3. The molecule has 0 aliphatic heterocycles. The van der Waals surface area contributed by atoms with E-state index >= 15 is 0 Å². The van der Waals surface area contributed by atoms with Gasteiger partial charge in [0.25, 0.3) is 0 Å². The lowest BCUT2D eigenvalue weighted by atomic mass is 9.97. The molecule has 3 nitrogen and oxygen atoms in total. The Morgan fingerprint density at radius 2 is 1.35 bits per heavy atom. The highest BCUT2D eigenvalue weighted by molar-refractivity contribution is 4.70. The van der Waals surface area contributed by atoms with Gasteiger partial charge in [0.1, 0.15) is 0 Å². The molecule has 2 atom stereocenters. The van der Waals surface area contributed by atoms with Crippen LogP contribution in [0.2, 0.25) is 0 Å². The molecule has 1 rings (SSSR count). The molecule has 1 fully saturated rings. The minimum Gasteiger partial charge on any atom is -0.394 e. The predicted octanol–water partition coefficient (Wildman–Crippen LogP) is 2.64. The average Bonchev–Trinajstić information content (AvgIpc) is 2.33. The zero-order valence-electron chi connectivity index (χ0n) is 10.9. The third-order valence-electron chi connectivity index (χ3n) is 3.59. The molecule has 102 valence electrons. The van der Waals surface area contributed by atoms with Crippen LogP contribution in [0.4, 0.5) is 0 Å². The Kier molecular flexibility index (Phi) is 8.67. The second-order valence-corrected chi connectivity index (χ2v) is 5.11. The van der Waals surface area contributed by atoms with Crippen LogP contribution in [-0.4, -0.2) is 35.6 Å². The monoisotopic (exact) mass is 244 g/mol. The fourth-order valence-electron chi connectivity index (χ4n) is 2.54. The van der Waals surface area contributed by atoms with Crippen molar-refractivity contribution in [2.24, 2.45) is 0 Å². The normalized spacial score (nSPS) is 29.3. The molecule has 0 amide bonds. The van der Waals surface area contributed by atoms with Gasteiger partial charge in [0.2, 0.25) is 0 Å². The van der Waals surface area contributed by atoms with Crippen LogP contribution in [-0.2, 0) is 4.74 Å². The second kappa shape index (κ2) is 9.86. The van der Waals surface area contributed by atoms with Crippen molar-refractivity contribution in [3.05, 3.63) is 0 Å². The zero-order valence-corrected chi connectivity index (χ0v) is 10.9. The third-order valence-corrected chi connectivity index (χ3v) is 3.59. The number of ether oxygens (including phenoxy) is 1. The van der Waals surface area contributed by atoms with E-state index in [0.29, 0.717) is 6.61 Å². The summed E-state index contributed by atoms with van der Waals surface area (Å²) in [7, 11) is 0. The van der Waals surface area contributed by atoms with Gasteiger partial charge >= 0.3 is 0 Å². The van der Waals surface area contributed by atoms with Crippen LogP contribution in [0, 0.1) is 0 Å². The molecule has 1 saturated carbocycles. The molecular weight excluding hydrogens is 216 g/mol. The highest BCUT2D eigenvalue weighted by Crippen LogP contribution is 2.19.